The molecule has 0 aromatic heterocycles. The summed E-state index contributed by atoms with van der Waals surface area (Å²) in [6.07, 6.45) is -4.08. The summed E-state index contributed by atoms with van der Waals surface area (Å²) in [7, 11) is 1.48. The summed E-state index contributed by atoms with van der Waals surface area (Å²) in [6.45, 7) is 2.72. The van der Waals surface area contributed by atoms with Crippen LogP contribution >= 0.6 is 0 Å². The van der Waals surface area contributed by atoms with Gasteiger partial charge >= 0.3 is 6.36 Å². The van der Waals surface area contributed by atoms with Gasteiger partial charge in [-0.05, 0) is 31.2 Å². The number of aliphatic imine (C=N–C) groups is 1. The smallest absolute Gasteiger partial charge is 0.493 e. The Bertz CT molecular complexity index is 1110. The first-order valence-corrected chi connectivity index (χ1v) is 12.6. The number of Topliss-reactive ketones (excluding diaryl/α,β-unsaturated/α-hetero) is 1. The molecule has 1 saturated heterocycles. The number of benzene rings is 1. The molecule has 2 unspecified atom stereocenters. The molecule has 2 heterocycles. The minimum atomic E-state index is -5.03. The average Bonchev–Trinajstić information content (AvgIpc) is 3.49. The molecule has 39 heavy (non-hydrogen) atoms. The first-order valence-electron chi connectivity index (χ1n) is 12.6. The molecule has 2 aliphatic heterocycles. The van der Waals surface area contributed by atoms with Crippen molar-refractivity contribution in [2.75, 3.05) is 20.3 Å². The zero-order valence-electron chi connectivity index (χ0n) is 21.9. The van der Waals surface area contributed by atoms with Crippen LogP contribution in [-0.2, 0) is 30.3 Å². The van der Waals surface area contributed by atoms with Gasteiger partial charge in [-0.15, -0.1) is 13.2 Å². The number of nitrogens with one attached hydrogen (secondary N) is 2. The molecular weight excluding hydrogens is 523 g/mol. The number of hydrogen-bond acceptors (Lipinski definition) is 7. The number of alkyl halides is 3. The molecule has 1 aromatic carbocycles. The Morgan fingerprint density at radius 1 is 1.28 bits per heavy atom. The molecule has 0 spiro atoms. The molecule has 13 heteroatoms. The Kier molecular flexibility index (Phi) is 10.1. The summed E-state index contributed by atoms with van der Waals surface area (Å²) in [6, 6.07) is 3.87. The fourth-order valence-corrected chi connectivity index (χ4v) is 4.49. The van der Waals surface area contributed by atoms with Crippen LogP contribution in [0.25, 0.3) is 0 Å². The molecule has 3 rings (SSSR count). The third-order valence-electron chi connectivity index (χ3n) is 6.43. The molecule has 1 fully saturated rings. The number of carbonyl (C=O) groups excluding carboxylic acids is 4. The van der Waals surface area contributed by atoms with Gasteiger partial charge in [0.15, 0.2) is 23.4 Å². The van der Waals surface area contributed by atoms with Crippen molar-refractivity contribution in [1.29, 1.82) is 0 Å². The Hall–Kier alpha value is -3.48. The predicted molar refractivity (Wildman–Crippen MR) is 132 cm³/mol. The van der Waals surface area contributed by atoms with E-state index in [4.69, 9.17) is 9.47 Å². The van der Waals surface area contributed by atoms with Crippen LogP contribution < -0.4 is 20.1 Å². The lowest BCUT2D eigenvalue weighted by Crippen LogP contribution is -2.47. The molecule has 2 N–H and O–H groups in total. The normalized spacial score (nSPS) is 20.3. The number of amides is 3. The SMILES string of the molecule is COc1cccc2c1OC(C(=O)N=CC(CC(C)C)C(=O)N[C@@H](C[C@@H]1CCNC1=O)C(=O)COC(F)(F)F)C2. The highest BCUT2D eigenvalue weighted by atomic mass is 19.4. The highest BCUT2D eigenvalue weighted by Crippen LogP contribution is 2.37. The number of hydrogen-bond donors (Lipinski definition) is 2. The highest BCUT2D eigenvalue weighted by Gasteiger charge is 2.36. The molecule has 1 aromatic rings. The molecule has 3 amide bonds. The Morgan fingerprint density at radius 2 is 2.03 bits per heavy atom. The third kappa shape index (κ3) is 8.50. The number of nitrogens with zero attached hydrogens (tertiary/aromatic N) is 1. The van der Waals surface area contributed by atoms with Gasteiger partial charge in [-0.25, -0.2) is 4.99 Å². The highest BCUT2D eigenvalue weighted by molar-refractivity contribution is 6.00. The van der Waals surface area contributed by atoms with E-state index in [2.05, 4.69) is 20.4 Å². The molecule has 0 bridgehead atoms. The van der Waals surface area contributed by atoms with Gasteiger partial charge in [0.1, 0.15) is 6.61 Å². The third-order valence-corrected chi connectivity index (χ3v) is 6.43. The Morgan fingerprint density at radius 3 is 2.64 bits per heavy atom. The van der Waals surface area contributed by atoms with Gasteiger partial charge in [0.25, 0.3) is 5.91 Å². The van der Waals surface area contributed by atoms with Crippen LogP contribution in [0.4, 0.5) is 13.2 Å². The van der Waals surface area contributed by atoms with Crippen LogP contribution in [0.5, 0.6) is 11.5 Å². The van der Waals surface area contributed by atoms with E-state index in [-0.39, 0.29) is 31.1 Å². The molecule has 0 radical (unpaired) electrons. The molecular formula is C26H32F3N3O7. The van der Waals surface area contributed by atoms with Crippen molar-refractivity contribution < 1.29 is 46.6 Å². The lowest BCUT2D eigenvalue weighted by Gasteiger charge is -2.23. The van der Waals surface area contributed by atoms with Crippen LogP contribution in [0.1, 0.15) is 38.7 Å². The first kappa shape index (κ1) is 30.1. The number of fused-ring (bicyclic) bond motifs is 1. The molecule has 0 aliphatic carbocycles. The lowest BCUT2D eigenvalue weighted by molar-refractivity contribution is -0.321. The van der Waals surface area contributed by atoms with E-state index in [9.17, 15) is 32.3 Å². The van der Waals surface area contributed by atoms with Gasteiger partial charge in [-0.3, -0.25) is 23.9 Å². The average molecular weight is 556 g/mol. The zero-order chi connectivity index (χ0) is 28.7. The summed E-state index contributed by atoms with van der Waals surface area (Å²) in [5.74, 6) is -3.42. The number of halogens is 3. The van der Waals surface area contributed by atoms with Crippen molar-refractivity contribution in [2.24, 2.45) is 22.7 Å². The molecule has 214 valence electrons. The second-order valence-corrected chi connectivity index (χ2v) is 9.89. The van der Waals surface area contributed by atoms with Crippen molar-refractivity contribution in [3.63, 3.8) is 0 Å². The van der Waals surface area contributed by atoms with Crippen LogP contribution in [-0.4, -0.2) is 68.5 Å². The molecule has 2 aliphatic rings. The summed E-state index contributed by atoms with van der Waals surface area (Å²) >= 11 is 0. The van der Waals surface area contributed by atoms with Crippen molar-refractivity contribution in [1.82, 2.24) is 10.6 Å². The van der Waals surface area contributed by atoms with Crippen LogP contribution in [0.2, 0.25) is 0 Å². The second-order valence-electron chi connectivity index (χ2n) is 9.89. The van der Waals surface area contributed by atoms with Crippen LogP contribution in [0.15, 0.2) is 23.2 Å². The maximum atomic E-state index is 13.2. The van der Waals surface area contributed by atoms with Crippen molar-refractivity contribution in [2.45, 2.75) is 58.0 Å². The van der Waals surface area contributed by atoms with Gasteiger partial charge < -0.3 is 20.1 Å². The van der Waals surface area contributed by atoms with E-state index in [1.165, 1.54) is 7.11 Å². The van der Waals surface area contributed by atoms with Gasteiger partial charge in [-0.1, -0.05) is 26.0 Å². The summed E-state index contributed by atoms with van der Waals surface area (Å²) in [4.78, 5) is 54.5. The second kappa shape index (κ2) is 13.0. The quantitative estimate of drug-likeness (QED) is 0.379. The van der Waals surface area contributed by atoms with E-state index < -0.39 is 54.5 Å². The topological polar surface area (TPSA) is 132 Å². The minimum absolute atomic E-state index is 0.0260. The summed E-state index contributed by atoms with van der Waals surface area (Å²) in [5.41, 5.74) is 0.776. The molecule has 0 saturated carbocycles. The van der Waals surface area contributed by atoms with E-state index in [1.54, 1.807) is 18.2 Å². The van der Waals surface area contributed by atoms with Gasteiger partial charge in [0, 0.05) is 30.7 Å². The van der Waals surface area contributed by atoms with Crippen molar-refractivity contribution in [3.05, 3.63) is 23.8 Å². The van der Waals surface area contributed by atoms with Gasteiger partial charge in [0.05, 0.1) is 19.1 Å². The number of methoxy groups -OCH3 is 1. The molecule has 10 nitrogen and oxygen atoms in total. The maximum Gasteiger partial charge on any atom is 0.522 e. The van der Waals surface area contributed by atoms with E-state index >= 15 is 0 Å². The predicted octanol–water partition coefficient (Wildman–Crippen LogP) is 2.37. The molecule has 4 atom stereocenters. The Balaban J connectivity index is 1.71. The number of carbonyl (C=O) groups is 4. The lowest BCUT2D eigenvalue weighted by atomic mass is 9.93. The standard InChI is InChI=1S/C26H32F3N3O7/c1-14(2)9-17(12-31-25(36)21-11-15-5-4-6-20(37-3)22(15)39-21)24(35)32-18(10-16-7-8-30-23(16)34)19(33)13-38-26(27,28)29/h4-6,12,14,16-18,21H,7-11,13H2,1-3H3,(H,30,34)(H,32,35)/t16-,17?,18-,21?/m0/s1. The zero-order valence-corrected chi connectivity index (χ0v) is 21.9. The van der Waals surface area contributed by atoms with E-state index in [1.807, 2.05) is 13.8 Å². The van der Waals surface area contributed by atoms with E-state index in [0.29, 0.717) is 24.5 Å². The number of para-hydroxylation sites is 1. The van der Waals surface area contributed by atoms with Crippen LogP contribution in [0.3, 0.4) is 0 Å². The fourth-order valence-electron chi connectivity index (χ4n) is 4.49. The van der Waals surface area contributed by atoms with Crippen molar-refractivity contribution >= 4 is 29.7 Å². The summed E-state index contributed by atoms with van der Waals surface area (Å²) in [5, 5.41) is 5.06. The number of rotatable bonds is 12. The van der Waals surface area contributed by atoms with Gasteiger partial charge in [-0.2, -0.15) is 0 Å². The number of ether oxygens (including phenoxy) is 3. The Labute approximate surface area is 223 Å². The van der Waals surface area contributed by atoms with Crippen LogP contribution in [0, 0.1) is 17.8 Å². The monoisotopic (exact) mass is 555 g/mol. The fraction of sp³-hybridized carbons (Fsp3) is 0.577. The number of ketones is 1. The first-order chi connectivity index (χ1) is 18.4. The maximum absolute atomic E-state index is 13.2. The van der Waals surface area contributed by atoms with Crippen molar-refractivity contribution in [3.8, 4) is 11.5 Å². The summed E-state index contributed by atoms with van der Waals surface area (Å²) < 4.78 is 52.2. The van der Waals surface area contributed by atoms with Gasteiger partial charge in [0.2, 0.25) is 11.8 Å². The van der Waals surface area contributed by atoms with E-state index in [0.717, 1.165) is 11.8 Å². The largest absolute Gasteiger partial charge is 0.522 e. The minimum Gasteiger partial charge on any atom is -0.493 e.